The number of ether oxygens (including phenoxy) is 8. The van der Waals surface area contributed by atoms with Gasteiger partial charge in [-0.2, -0.15) is 0 Å². The van der Waals surface area contributed by atoms with Crippen LogP contribution in [0.4, 0.5) is 10.5 Å². The number of imide groups is 1. The van der Waals surface area contributed by atoms with Crippen LogP contribution in [-0.4, -0.2) is 237 Å². The number of nitrogens with two attached hydrogens (primary N) is 1. The third-order valence-corrected chi connectivity index (χ3v) is 25.9. The molecular weight excluding hydrogens is 1760 g/mol. The van der Waals surface area contributed by atoms with Gasteiger partial charge in [-0.05, 0) is 197 Å². The van der Waals surface area contributed by atoms with Crippen LogP contribution in [0.1, 0.15) is 151 Å². The summed E-state index contributed by atoms with van der Waals surface area (Å²) in [6.45, 7) is 11.9. The van der Waals surface area contributed by atoms with E-state index in [0.29, 0.717) is 43.8 Å². The second kappa shape index (κ2) is 41.7. The number of aliphatic hydroxyl groups excluding tert-OH is 6. The molecule has 2 saturated heterocycles. The average molecular weight is 1880 g/mol. The van der Waals surface area contributed by atoms with E-state index in [-0.39, 0.29) is 94.4 Å². The molecule has 17 rings (SSSR count). The van der Waals surface area contributed by atoms with Crippen LogP contribution < -0.4 is 93.2 Å². The lowest BCUT2D eigenvalue weighted by Gasteiger charge is -2.54. The molecule has 4 saturated carbocycles. The van der Waals surface area contributed by atoms with Crippen molar-refractivity contribution in [1.29, 1.82) is 0 Å². The molecule has 41 heteroatoms. The van der Waals surface area contributed by atoms with Crippen molar-refractivity contribution in [3.63, 3.8) is 0 Å². The number of benzene rings is 6. The average Bonchev–Trinajstić information content (AvgIpc) is 0.753. The third kappa shape index (κ3) is 21.8. The smallest absolute Gasteiger partial charge is 0.325 e. The monoisotopic (exact) mass is 1870 g/mol. The van der Waals surface area contributed by atoms with Gasteiger partial charge in [-0.1, -0.05) is 69.1 Å². The van der Waals surface area contributed by atoms with Crippen LogP contribution in [-0.2, 0) is 52.6 Å². The van der Waals surface area contributed by atoms with E-state index in [0.717, 1.165) is 86.7 Å². The van der Waals surface area contributed by atoms with Gasteiger partial charge in [0, 0.05) is 54.4 Å². The van der Waals surface area contributed by atoms with Crippen molar-refractivity contribution in [2.75, 3.05) is 58.4 Å². The second-order valence-corrected chi connectivity index (χ2v) is 36.3. The summed E-state index contributed by atoms with van der Waals surface area (Å²) in [5.41, 5.74) is 2.86. The van der Waals surface area contributed by atoms with Gasteiger partial charge in [0.15, 0.2) is 23.9 Å². The predicted molar refractivity (Wildman–Crippen MR) is 473 cm³/mol. The predicted octanol–water partition coefficient (Wildman–Crippen LogP) is 3.80. The highest BCUT2D eigenvalue weighted by atomic mass is 35.5. The largest absolute Gasteiger partial charge is 0.508 e. The molecule has 23 N–H and O–H groups in total. The van der Waals surface area contributed by atoms with E-state index >= 15 is 28.8 Å². The van der Waals surface area contributed by atoms with Crippen LogP contribution in [0.3, 0.4) is 0 Å². The number of phenolic OH excluding ortho intramolecular Hbond substituents is 3. The number of hydrogen-bond donors (Lipinski definition) is 22. The minimum absolute atomic E-state index is 0.0187. The lowest BCUT2D eigenvalue weighted by Crippen LogP contribution is -2.64. The maximum atomic E-state index is 16.8. The molecule has 712 valence electrons. The Bertz CT molecular complexity index is 5280. The molecule has 15 bridgehead atoms. The van der Waals surface area contributed by atoms with Gasteiger partial charge in [0.25, 0.3) is 0 Å². The van der Waals surface area contributed by atoms with Crippen LogP contribution in [0.15, 0.2) is 97.1 Å². The number of anilines is 1. The topological polar surface area (TPSA) is 580 Å². The first kappa shape index (κ1) is 97.0. The number of halogens is 2. The fraction of sp³-hybridized carbons (Fsp3) is 0.505. The molecule has 0 unspecified atom stereocenters. The Morgan fingerprint density at radius 1 is 0.652 bits per heavy atom. The Hall–Kier alpha value is -11.0. The van der Waals surface area contributed by atoms with Crippen molar-refractivity contribution in [1.82, 2.24) is 58.5 Å². The number of likely N-dealkylation sites (N-methyl/N-ethyl adjacent to an activating group) is 3. The quantitative estimate of drug-likeness (QED) is 0.0362. The van der Waals surface area contributed by atoms with Crippen molar-refractivity contribution < 1.29 is 127 Å². The lowest BCUT2D eigenvalue weighted by molar-refractivity contribution is -0.333. The van der Waals surface area contributed by atoms with Crippen molar-refractivity contribution >= 4 is 82.2 Å². The minimum Gasteiger partial charge on any atom is -0.508 e. The van der Waals surface area contributed by atoms with Crippen LogP contribution in [0.25, 0.3) is 11.1 Å². The summed E-state index contributed by atoms with van der Waals surface area (Å²) < 4.78 is 51.2. The highest BCUT2D eigenvalue weighted by Gasteiger charge is 2.53. The summed E-state index contributed by atoms with van der Waals surface area (Å²) in [5, 5.41) is 139. The molecular formula is C91H113Cl2N13O26. The SMILES string of the molecule is CCNCCOc1ccc(NC(=O)NC(=O)C[C@@H]2NC(=O)[C@H](NC(=O)[C@@H](CC(C)C)NC)[C@H](O)c3ccc(c(Cl)c3)Oc3cc4cc(c3O[C@@H]3O[C@H](CO)[C@@H](O)[C@H](O)[C@H]3O[C@H]3C[C@](C)(N)[C@H](O)[C@H](C)O3)Oc3ccc(cc3Cl)[C@@H](O)[C@@H]3NC(=O)[C@H](NC(=O)[C@@H]4NC2=O)c2ccc(O)c(c2)-c2c(O)cc(O)cc2[C@@H](C(=O)NC2C4CC5CC(C4)CC2C5)NC3=O)c(OCCNCC)c1. The fourth-order valence-electron chi connectivity index (χ4n) is 18.9. The number of aromatic hydroxyl groups is 3. The normalized spacial score (nSPS) is 29.3. The molecule has 132 heavy (non-hydrogen) atoms. The molecule has 10 amide bonds. The number of carbonyl (C=O) groups excluding carboxylic acids is 9. The third-order valence-electron chi connectivity index (χ3n) is 25.3. The van der Waals surface area contributed by atoms with Crippen LogP contribution in [0.2, 0.25) is 10.0 Å². The summed E-state index contributed by atoms with van der Waals surface area (Å²) in [5.74, 6) is -13.6. The fourth-order valence-corrected chi connectivity index (χ4v) is 19.3. The first-order valence-electron chi connectivity index (χ1n) is 44.2. The number of rotatable bonds is 25. The first-order chi connectivity index (χ1) is 63.0. The summed E-state index contributed by atoms with van der Waals surface area (Å²) in [6, 6.07) is 2.85. The van der Waals surface area contributed by atoms with Crippen molar-refractivity contribution in [2.24, 2.45) is 35.3 Å². The number of carbonyl (C=O) groups is 9. The molecule has 11 aliphatic rings. The highest BCUT2D eigenvalue weighted by Crippen LogP contribution is 2.55. The van der Waals surface area contributed by atoms with Gasteiger partial charge in [0.2, 0.25) is 59.3 Å². The Morgan fingerprint density at radius 2 is 1.27 bits per heavy atom. The summed E-state index contributed by atoms with van der Waals surface area (Å²) in [6.07, 6.45) is -14.8. The molecule has 6 aromatic rings. The summed E-state index contributed by atoms with van der Waals surface area (Å²) in [4.78, 5) is 140. The summed E-state index contributed by atoms with van der Waals surface area (Å²) in [7, 11) is 1.47. The molecule has 0 spiro atoms. The zero-order valence-corrected chi connectivity index (χ0v) is 74.9. The molecule has 4 aliphatic carbocycles. The van der Waals surface area contributed by atoms with Crippen LogP contribution in [0.5, 0.6) is 57.5 Å². The van der Waals surface area contributed by atoms with E-state index in [1.54, 1.807) is 0 Å². The van der Waals surface area contributed by atoms with Gasteiger partial charge in [0.1, 0.15) is 120 Å². The van der Waals surface area contributed by atoms with E-state index in [2.05, 4.69) is 63.8 Å². The van der Waals surface area contributed by atoms with E-state index in [1.165, 1.54) is 63.4 Å². The highest BCUT2D eigenvalue weighted by molar-refractivity contribution is 6.32. The van der Waals surface area contributed by atoms with E-state index in [9.17, 15) is 60.3 Å². The zero-order chi connectivity index (χ0) is 94.6. The van der Waals surface area contributed by atoms with Gasteiger partial charge in [-0.25, -0.2) is 4.79 Å². The zero-order valence-electron chi connectivity index (χ0n) is 73.4. The summed E-state index contributed by atoms with van der Waals surface area (Å²) >= 11 is 14.6. The number of amides is 10. The van der Waals surface area contributed by atoms with Crippen molar-refractivity contribution in [3.8, 4) is 68.6 Å². The molecule has 18 atom stereocenters. The Labute approximate surface area is 769 Å². The van der Waals surface area contributed by atoms with Gasteiger partial charge in [-0.15, -0.1) is 0 Å². The van der Waals surface area contributed by atoms with Crippen molar-refractivity contribution in [3.05, 3.63) is 135 Å². The Balaban J connectivity index is 0.949. The number of aliphatic hydroxyl groups is 6. The molecule has 6 aromatic carbocycles. The van der Waals surface area contributed by atoms with Gasteiger partial charge in [-0.3, -0.25) is 43.7 Å². The Morgan fingerprint density at radius 3 is 1.89 bits per heavy atom. The standard InChI is InChI=1S/C91H113Cl2N13O26/c1-8-96-18-20-125-50-13-14-55(62(35-50)126-21-19-97-9-2)99-90(124)100-66(111)36-57-83(118)102-71-48-31-63(128-60-16-11-44(29-53(60)92)75(112)73(87(122)98-57)105-82(117)56(95-7)22-39(3)4)79(132-89-80(78(115)77(114)65(38-107)130-89)131-67-37-91(6,94)81(116)40(5)127-67)64(32-48)129-61-17-12-45(30-54(61)93)76(113)74-88(123)104-72(86(121)101-69-46-24-41-23-42(26-46)27-47(69)25-41)52-33-49(108)34-59(110)68(52)51-28-43(10-15-58(51)109)70(84(119)106-74)103-85(71)120/h10-17,28-35,39-42,46-47,56-57,65,67,69-78,80-81,89,95-97,107-110,112-116H,8-9,18-27,36-38,94H2,1-7H3,(H,98,122)(H,101,121)(H,102,118)(H,103,120)(H,104,123)(H,105,117)(H,106,119)(H2,99,100,111,124)/t40-,41?,42?,46?,47?,56+,57-,65+,67-,69?,70+,71+,72-,73+,74-,75+,76+,77+,78-,80+,81+,89-,91-/m0/s1. The molecule has 7 heterocycles. The minimum atomic E-state index is -2.45. The number of fused-ring (bicyclic) bond motifs is 15. The number of hydrogen-bond acceptors (Lipinski definition) is 30. The van der Waals surface area contributed by atoms with Crippen molar-refractivity contribution in [2.45, 2.75) is 208 Å². The number of urea groups is 1. The van der Waals surface area contributed by atoms with E-state index in [1.807, 2.05) is 27.7 Å². The van der Waals surface area contributed by atoms with Crippen LogP contribution in [0, 0.1) is 29.6 Å². The van der Waals surface area contributed by atoms with E-state index in [4.69, 9.17) is 66.8 Å². The molecule has 39 nitrogen and oxygen atoms in total. The van der Waals surface area contributed by atoms with Gasteiger partial charge >= 0.3 is 6.03 Å². The number of phenols is 3. The van der Waals surface area contributed by atoms with Gasteiger partial charge in [0.05, 0.1) is 47.0 Å². The molecule has 0 aromatic heterocycles. The first-order valence-corrected chi connectivity index (χ1v) is 44.9. The van der Waals surface area contributed by atoms with E-state index < -0.39 is 237 Å². The molecule has 7 aliphatic heterocycles. The maximum absolute atomic E-state index is 16.8. The molecule has 6 fully saturated rings. The Kier molecular flexibility index (Phi) is 30.6. The van der Waals surface area contributed by atoms with Crippen LogP contribution >= 0.6 is 23.2 Å². The number of nitrogens with one attached hydrogen (secondary N) is 12. The lowest BCUT2D eigenvalue weighted by atomic mass is 9.54. The molecule has 0 radical (unpaired) electrons. The van der Waals surface area contributed by atoms with Gasteiger partial charge < -0.3 is 148 Å². The second-order valence-electron chi connectivity index (χ2n) is 35.4. The maximum Gasteiger partial charge on any atom is 0.325 e.